The summed E-state index contributed by atoms with van der Waals surface area (Å²) in [5.41, 5.74) is -0.870. The number of ether oxygens (including phenoxy) is 1. The first-order valence-corrected chi connectivity index (χ1v) is 6.81. The molecule has 1 N–H and O–H groups in total. The zero-order valence-corrected chi connectivity index (χ0v) is 13.3. The van der Waals surface area contributed by atoms with Gasteiger partial charge in [0, 0.05) is 31.2 Å². The molecule has 20 heavy (non-hydrogen) atoms. The molecule has 1 aliphatic heterocycles. The van der Waals surface area contributed by atoms with Crippen LogP contribution in [0.3, 0.4) is 0 Å². The number of piperazine rings is 1. The fourth-order valence-corrected chi connectivity index (χ4v) is 2.22. The minimum Gasteiger partial charge on any atom is -0.478 e. The van der Waals surface area contributed by atoms with Crippen molar-refractivity contribution in [1.82, 2.24) is 10.2 Å². The molecule has 2 rings (SSSR count). The highest BCUT2D eigenvalue weighted by Crippen LogP contribution is 2.22. The number of carbonyl (C=O) groups is 1. The summed E-state index contributed by atoms with van der Waals surface area (Å²) in [5.74, 6) is 0.668. The summed E-state index contributed by atoms with van der Waals surface area (Å²) < 4.78 is 5.80. The predicted molar refractivity (Wildman–Crippen MR) is 82.9 cm³/mol. The Morgan fingerprint density at radius 3 is 2.35 bits per heavy atom. The standard InChI is InChI=1S/C14H19ClN2O2.ClH/c1-14(2,13(18)17-9-7-16-8-10-17)19-12-5-3-11(15)4-6-12;/h3-6,16H,7-10H2,1-2H3;1H. The van der Waals surface area contributed by atoms with Gasteiger partial charge in [0.05, 0.1) is 0 Å². The van der Waals surface area contributed by atoms with Gasteiger partial charge in [-0.3, -0.25) is 4.79 Å². The fraction of sp³-hybridized carbons (Fsp3) is 0.500. The normalized spacial score (nSPS) is 15.4. The van der Waals surface area contributed by atoms with Crippen LogP contribution < -0.4 is 10.1 Å². The molecule has 1 saturated heterocycles. The number of hydrogen-bond acceptors (Lipinski definition) is 3. The first-order chi connectivity index (χ1) is 8.99. The predicted octanol–water partition coefficient (Wildman–Crippen LogP) is 2.35. The summed E-state index contributed by atoms with van der Waals surface area (Å²) in [4.78, 5) is 14.3. The van der Waals surface area contributed by atoms with E-state index in [9.17, 15) is 4.79 Å². The smallest absolute Gasteiger partial charge is 0.266 e. The van der Waals surface area contributed by atoms with Gasteiger partial charge in [0.25, 0.3) is 5.91 Å². The summed E-state index contributed by atoms with van der Waals surface area (Å²) >= 11 is 5.83. The van der Waals surface area contributed by atoms with E-state index in [1.807, 2.05) is 4.90 Å². The Morgan fingerprint density at radius 1 is 1.25 bits per heavy atom. The lowest BCUT2D eigenvalue weighted by Gasteiger charge is -2.34. The van der Waals surface area contributed by atoms with Crippen LogP contribution in [0.25, 0.3) is 0 Å². The van der Waals surface area contributed by atoms with E-state index in [4.69, 9.17) is 16.3 Å². The summed E-state index contributed by atoms with van der Waals surface area (Å²) in [7, 11) is 0. The van der Waals surface area contributed by atoms with Crippen molar-refractivity contribution in [3.8, 4) is 5.75 Å². The van der Waals surface area contributed by atoms with Crippen molar-refractivity contribution in [3.05, 3.63) is 29.3 Å². The number of nitrogens with zero attached hydrogens (tertiary/aromatic N) is 1. The molecule has 0 atom stereocenters. The summed E-state index contributed by atoms with van der Waals surface area (Å²) in [6.45, 7) is 6.72. The van der Waals surface area contributed by atoms with Gasteiger partial charge in [-0.05, 0) is 38.1 Å². The van der Waals surface area contributed by atoms with Crippen molar-refractivity contribution in [2.45, 2.75) is 19.4 Å². The highest BCUT2D eigenvalue weighted by atomic mass is 35.5. The average molecular weight is 319 g/mol. The molecule has 1 fully saturated rings. The zero-order valence-electron chi connectivity index (χ0n) is 11.7. The quantitative estimate of drug-likeness (QED) is 0.930. The van der Waals surface area contributed by atoms with Gasteiger partial charge in [-0.2, -0.15) is 0 Å². The maximum atomic E-state index is 12.4. The van der Waals surface area contributed by atoms with Crippen LogP contribution in [0, 0.1) is 0 Å². The van der Waals surface area contributed by atoms with E-state index in [2.05, 4.69) is 5.32 Å². The molecule has 112 valence electrons. The third-order valence-electron chi connectivity index (χ3n) is 3.11. The van der Waals surface area contributed by atoms with Crippen molar-refractivity contribution in [1.29, 1.82) is 0 Å². The molecule has 0 saturated carbocycles. The summed E-state index contributed by atoms with van der Waals surface area (Å²) in [6.07, 6.45) is 0. The molecule has 1 amide bonds. The molecule has 0 aromatic heterocycles. The second-order valence-corrected chi connectivity index (χ2v) is 5.54. The molecule has 0 unspecified atom stereocenters. The number of carbonyl (C=O) groups excluding carboxylic acids is 1. The maximum absolute atomic E-state index is 12.4. The van der Waals surface area contributed by atoms with Gasteiger partial charge in [-0.25, -0.2) is 0 Å². The average Bonchev–Trinajstić information content (AvgIpc) is 2.41. The SMILES string of the molecule is CC(C)(Oc1ccc(Cl)cc1)C(=O)N1CCNCC1.Cl. The van der Waals surface area contributed by atoms with Gasteiger partial charge in [0.1, 0.15) is 5.75 Å². The molecular weight excluding hydrogens is 299 g/mol. The summed E-state index contributed by atoms with van der Waals surface area (Å²) in [5, 5.41) is 3.88. The number of benzene rings is 1. The van der Waals surface area contributed by atoms with E-state index >= 15 is 0 Å². The first-order valence-electron chi connectivity index (χ1n) is 6.44. The number of nitrogens with one attached hydrogen (secondary N) is 1. The van der Waals surface area contributed by atoms with Crippen LogP contribution in [0.1, 0.15) is 13.8 Å². The Hall–Kier alpha value is -0.970. The van der Waals surface area contributed by atoms with Crippen molar-refractivity contribution >= 4 is 29.9 Å². The molecule has 0 bridgehead atoms. The lowest BCUT2D eigenvalue weighted by molar-refractivity contribution is -0.146. The topological polar surface area (TPSA) is 41.6 Å². The lowest BCUT2D eigenvalue weighted by Crippen LogP contribution is -2.54. The molecule has 6 heteroatoms. The molecule has 1 aliphatic rings. The van der Waals surface area contributed by atoms with Gasteiger partial charge in [0.2, 0.25) is 0 Å². The Kier molecular flexibility index (Phi) is 6.11. The minimum atomic E-state index is -0.870. The Bertz CT molecular complexity index is 443. The molecule has 1 aromatic carbocycles. The molecule has 4 nitrogen and oxygen atoms in total. The number of hydrogen-bond donors (Lipinski definition) is 1. The van der Waals surface area contributed by atoms with E-state index in [1.54, 1.807) is 38.1 Å². The van der Waals surface area contributed by atoms with Crippen molar-refractivity contribution in [2.24, 2.45) is 0 Å². The maximum Gasteiger partial charge on any atom is 0.266 e. The minimum absolute atomic E-state index is 0. The van der Waals surface area contributed by atoms with E-state index < -0.39 is 5.60 Å². The van der Waals surface area contributed by atoms with Crippen LogP contribution in [0.15, 0.2) is 24.3 Å². The monoisotopic (exact) mass is 318 g/mol. The van der Waals surface area contributed by atoms with Gasteiger partial charge >= 0.3 is 0 Å². The van der Waals surface area contributed by atoms with Crippen molar-refractivity contribution < 1.29 is 9.53 Å². The lowest BCUT2D eigenvalue weighted by atomic mass is 10.1. The molecule has 0 radical (unpaired) electrons. The second-order valence-electron chi connectivity index (χ2n) is 5.11. The van der Waals surface area contributed by atoms with Crippen LogP contribution in [-0.4, -0.2) is 42.6 Å². The summed E-state index contributed by atoms with van der Waals surface area (Å²) in [6, 6.07) is 7.05. The molecule has 1 heterocycles. The van der Waals surface area contributed by atoms with Gasteiger partial charge in [0.15, 0.2) is 5.60 Å². The third-order valence-corrected chi connectivity index (χ3v) is 3.36. The Balaban J connectivity index is 0.00000200. The van der Waals surface area contributed by atoms with E-state index in [0.29, 0.717) is 10.8 Å². The highest BCUT2D eigenvalue weighted by molar-refractivity contribution is 6.30. The largest absolute Gasteiger partial charge is 0.478 e. The van der Waals surface area contributed by atoms with Crippen LogP contribution in [0.4, 0.5) is 0 Å². The van der Waals surface area contributed by atoms with Crippen LogP contribution in [0.2, 0.25) is 5.02 Å². The zero-order chi connectivity index (χ0) is 13.9. The van der Waals surface area contributed by atoms with E-state index in [0.717, 1.165) is 26.2 Å². The first kappa shape index (κ1) is 17.1. The van der Waals surface area contributed by atoms with Crippen LogP contribution in [-0.2, 0) is 4.79 Å². The molecule has 0 spiro atoms. The number of halogens is 2. The third kappa shape index (κ3) is 4.27. The molecule has 1 aromatic rings. The van der Waals surface area contributed by atoms with Crippen molar-refractivity contribution in [2.75, 3.05) is 26.2 Å². The van der Waals surface area contributed by atoms with Crippen LogP contribution >= 0.6 is 24.0 Å². The van der Waals surface area contributed by atoms with Gasteiger partial charge < -0.3 is 15.0 Å². The Labute approximate surface area is 130 Å². The second kappa shape index (κ2) is 7.16. The van der Waals surface area contributed by atoms with Crippen LogP contribution in [0.5, 0.6) is 5.75 Å². The fourth-order valence-electron chi connectivity index (χ4n) is 2.09. The molecular formula is C14H20Cl2N2O2. The highest BCUT2D eigenvalue weighted by Gasteiger charge is 2.34. The van der Waals surface area contributed by atoms with E-state index in [-0.39, 0.29) is 18.3 Å². The Morgan fingerprint density at radius 2 is 1.80 bits per heavy atom. The number of rotatable bonds is 3. The molecule has 0 aliphatic carbocycles. The van der Waals surface area contributed by atoms with Gasteiger partial charge in [-0.1, -0.05) is 11.6 Å². The van der Waals surface area contributed by atoms with E-state index in [1.165, 1.54) is 0 Å². The van der Waals surface area contributed by atoms with Gasteiger partial charge in [-0.15, -0.1) is 12.4 Å². The van der Waals surface area contributed by atoms with Crippen molar-refractivity contribution in [3.63, 3.8) is 0 Å². The number of amides is 1.